The number of H-pyrrole nitrogens is 1. The molecule has 8 heteroatoms. The van der Waals surface area contributed by atoms with E-state index in [1.165, 1.54) is 12.4 Å². The summed E-state index contributed by atoms with van der Waals surface area (Å²) in [5.41, 5.74) is 7.63. The number of aromatic nitrogens is 2. The maximum absolute atomic E-state index is 12.2. The highest BCUT2D eigenvalue weighted by molar-refractivity contribution is 7.89. The largest absolute Gasteiger partial charge is 0.389 e. The zero-order valence-corrected chi connectivity index (χ0v) is 12.4. The lowest BCUT2D eigenvalue weighted by molar-refractivity contribution is 0.580. The van der Waals surface area contributed by atoms with Crippen LogP contribution in [0, 0.1) is 6.92 Å². The Hall–Kier alpha value is -1.77. The van der Waals surface area contributed by atoms with Crippen molar-refractivity contribution in [2.75, 3.05) is 0 Å². The van der Waals surface area contributed by atoms with Gasteiger partial charge in [0, 0.05) is 17.5 Å². The van der Waals surface area contributed by atoms with E-state index in [0.29, 0.717) is 11.3 Å². The van der Waals surface area contributed by atoms with E-state index in [0.717, 1.165) is 5.56 Å². The number of aromatic amines is 1. The normalized spacial score (nSPS) is 11.4. The van der Waals surface area contributed by atoms with E-state index in [1.54, 1.807) is 25.3 Å². The minimum atomic E-state index is -3.58. The third-order valence-corrected chi connectivity index (χ3v) is 4.40. The third kappa shape index (κ3) is 3.21. The molecule has 0 amide bonds. The number of nitrogens with two attached hydrogens (primary N) is 1. The van der Waals surface area contributed by atoms with Crippen molar-refractivity contribution in [3.05, 3.63) is 47.5 Å². The molecule has 0 fully saturated rings. The van der Waals surface area contributed by atoms with E-state index in [1.807, 2.05) is 0 Å². The van der Waals surface area contributed by atoms with Gasteiger partial charge < -0.3 is 10.7 Å². The highest BCUT2D eigenvalue weighted by atomic mass is 32.2. The van der Waals surface area contributed by atoms with Crippen LogP contribution >= 0.6 is 12.2 Å². The van der Waals surface area contributed by atoms with Crippen LogP contribution in [0.4, 0.5) is 0 Å². The van der Waals surface area contributed by atoms with E-state index < -0.39 is 10.0 Å². The van der Waals surface area contributed by atoms with Crippen molar-refractivity contribution in [3.8, 4) is 0 Å². The molecule has 4 N–H and O–H groups in total. The molecule has 0 aliphatic carbocycles. The van der Waals surface area contributed by atoms with Gasteiger partial charge >= 0.3 is 0 Å². The van der Waals surface area contributed by atoms with Crippen molar-refractivity contribution >= 4 is 27.2 Å². The highest BCUT2D eigenvalue weighted by Gasteiger charge is 2.15. The van der Waals surface area contributed by atoms with Gasteiger partial charge in [0.25, 0.3) is 0 Å². The fourth-order valence-electron chi connectivity index (χ4n) is 1.72. The van der Waals surface area contributed by atoms with Crippen LogP contribution in [0.1, 0.15) is 16.8 Å². The number of aryl methyl sites for hydroxylation is 1. The second kappa shape index (κ2) is 5.70. The number of nitrogens with one attached hydrogen (secondary N) is 2. The Labute approximate surface area is 122 Å². The molecule has 1 aromatic heterocycles. The molecule has 20 heavy (non-hydrogen) atoms. The first-order chi connectivity index (χ1) is 9.40. The van der Waals surface area contributed by atoms with Crippen molar-refractivity contribution in [1.82, 2.24) is 14.7 Å². The lowest BCUT2D eigenvalue weighted by Gasteiger charge is -2.09. The van der Waals surface area contributed by atoms with Gasteiger partial charge in [0.2, 0.25) is 10.0 Å². The van der Waals surface area contributed by atoms with Gasteiger partial charge in [-0.15, -0.1) is 0 Å². The number of rotatable bonds is 5. The van der Waals surface area contributed by atoms with Crippen LogP contribution in [0.3, 0.4) is 0 Å². The second-order valence-corrected chi connectivity index (χ2v) is 6.45. The number of sulfonamides is 1. The predicted molar refractivity (Wildman–Crippen MR) is 79.7 cm³/mol. The van der Waals surface area contributed by atoms with Gasteiger partial charge in [-0.1, -0.05) is 18.3 Å². The summed E-state index contributed by atoms with van der Waals surface area (Å²) in [7, 11) is -3.58. The summed E-state index contributed by atoms with van der Waals surface area (Å²) >= 11 is 4.89. The van der Waals surface area contributed by atoms with Crippen LogP contribution in [0.2, 0.25) is 0 Å². The zero-order valence-electron chi connectivity index (χ0n) is 10.8. The quantitative estimate of drug-likeness (QED) is 0.710. The number of benzene rings is 1. The Balaban J connectivity index is 2.21. The van der Waals surface area contributed by atoms with Gasteiger partial charge in [0.05, 0.1) is 17.8 Å². The van der Waals surface area contributed by atoms with Gasteiger partial charge in [-0.25, -0.2) is 18.1 Å². The van der Waals surface area contributed by atoms with Crippen LogP contribution in [-0.2, 0) is 16.6 Å². The first-order valence-electron chi connectivity index (χ1n) is 5.77. The molecule has 0 unspecified atom stereocenters. The van der Waals surface area contributed by atoms with Gasteiger partial charge in [0.1, 0.15) is 4.99 Å². The summed E-state index contributed by atoms with van der Waals surface area (Å²) in [6.07, 6.45) is 3.05. The molecule has 1 heterocycles. The molecule has 6 nitrogen and oxygen atoms in total. The molecular formula is C12H14N4O2S2. The number of imidazole rings is 1. The number of hydrogen-bond donors (Lipinski definition) is 3. The van der Waals surface area contributed by atoms with E-state index in [9.17, 15) is 8.42 Å². The van der Waals surface area contributed by atoms with Gasteiger partial charge in [-0.3, -0.25) is 0 Å². The SMILES string of the molecule is Cc1cc(S(=O)(=O)NCc2cnc[nH]2)ccc1C(N)=S. The predicted octanol–water partition coefficient (Wildman–Crippen LogP) is 0.831. The van der Waals surface area contributed by atoms with Crippen LogP contribution in [0.25, 0.3) is 0 Å². The van der Waals surface area contributed by atoms with Crippen molar-refractivity contribution < 1.29 is 8.42 Å². The molecule has 0 aliphatic rings. The summed E-state index contributed by atoms with van der Waals surface area (Å²) in [5.74, 6) is 0. The van der Waals surface area contributed by atoms with Gasteiger partial charge in [-0.05, 0) is 24.6 Å². The monoisotopic (exact) mass is 310 g/mol. The Morgan fingerprint density at radius 1 is 1.50 bits per heavy atom. The van der Waals surface area contributed by atoms with Crippen molar-refractivity contribution in [3.63, 3.8) is 0 Å². The van der Waals surface area contributed by atoms with Crippen LogP contribution in [0.15, 0.2) is 35.6 Å². The molecule has 0 spiro atoms. The summed E-state index contributed by atoms with van der Waals surface area (Å²) in [4.78, 5) is 7.07. The van der Waals surface area contributed by atoms with E-state index in [4.69, 9.17) is 18.0 Å². The topological polar surface area (TPSA) is 101 Å². The Morgan fingerprint density at radius 2 is 2.25 bits per heavy atom. The summed E-state index contributed by atoms with van der Waals surface area (Å²) in [5, 5.41) is 0. The molecule has 0 atom stereocenters. The van der Waals surface area contributed by atoms with Gasteiger partial charge in [-0.2, -0.15) is 0 Å². The molecular weight excluding hydrogens is 296 g/mol. The van der Waals surface area contributed by atoms with E-state index in [-0.39, 0.29) is 16.4 Å². The fraction of sp³-hybridized carbons (Fsp3) is 0.167. The van der Waals surface area contributed by atoms with Crippen LogP contribution in [0.5, 0.6) is 0 Å². The van der Waals surface area contributed by atoms with Crippen molar-refractivity contribution in [1.29, 1.82) is 0 Å². The Bertz CT molecular complexity index is 724. The average Bonchev–Trinajstić information content (AvgIpc) is 2.89. The minimum absolute atomic E-state index is 0.151. The molecule has 0 bridgehead atoms. The molecule has 1 aromatic carbocycles. The van der Waals surface area contributed by atoms with Gasteiger partial charge in [0.15, 0.2) is 0 Å². The maximum Gasteiger partial charge on any atom is 0.240 e. The number of nitrogens with zero attached hydrogens (tertiary/aromatic N) is 1. The maximum atomic E-state index is 12.2. The standard InChI is InChI=1S/C12H14N4O2S2/c1-8-4-10(2-3-11(8)12(13)19)20(17,18)16-6-9-5-14-7-15-9/h2-5,7,16H,6H2,1H3,(H2,13,19)(H,14,15). The molecule has 0 saturated carbocycles. The average molecular weight is 310 g/mol. The zero-order chi connectivity index (χ0) is 14.8. The lowest BCUT2D eigenvalue weighted by Crippen LogP contribution is -2.23. The van der Waals surface area contributed by atoms with E-state index in [2.05, 4.69) is 14.7 Å². The first-order valence-corrected chi connectivity index (χ1v) is 7.66. The van der Waals surface area contributed by atoms with Crippen molar-refractivity contribution in [2.45, 2.75) is 18.4 Å². The molecule has 2 aromatic rings. The minimum Gasteiger partial charge on any atom is -0.389 e. The second-order valence-electron chi connectivity index (χ2n) is 4.24. The summed E-state index contributed by atoms with van der Waals surface area (Å²) < 4.78 is 26.8. The lowest BCUT2D eigenvalue weighted by atomic mass is 10.1. The summed E-state index contributed by atoms with van der Waals surface area (Å²) in [6.45, 7) is 1.92. The molecule has 0 radical (unpaired) electrons. The fourth-order valence-corrected chi connectivity index (χ4v) is 3.04. The Morgan fingerprint density at radius 3 is 2.80 bits per heavy atom. The first kappa shape index (κ1) is 14.6. The van der Waals surface area contributed by atoms with Crippen molar-refractivity contribution in [2.24, 2.45) is 5.73 Å². The van der Waals surface area contributed by atoms with Crippen LogP contribution in [-0.4, -0.2) is 23.4 Å². The third-order valence-electron chi connectivity index (χ3n) is 2.78. The highest BCUT2D eigenvalue weighted by Crippen LogP contribution is 2.15. The molecule has 0 saturated heterocycles. The number of hydrogen-bond acceptors (Lipinski definition) is 4. The smallest absolute Gasteiger partial charge is 0.240 e. The molecule has 2 rings (SSSR count). The number of thiocarbonyl (C=S) groups is 1. The van der Waals surface area contributed by atoms with E-state index >= 15 is 0 Å². The Kier molecular flexibility index (Phi) is 4.17. The van der Waals surface area contributed by atoms with Crippen LogP contribution < -0.4 is 10.5 Å². The molecule has 0 aliphatic heterocycles. The molecule has 106 valence electrons. The summed E-state index contributed by atoms with van der Waals surface area (Å²) in [6, 6.07) is 4.64.